The average Bonchev–Trinajstić information content (AvgIpc) is 2.63. The highest BCUT2D eigenvalue weighted by Crippen LogP contribution is 2.18. The molecule has 6 heteroatoms. The van der Waals surface area contributed by atoms with Gasteiger partial charge in [-0.05, 0) is 39.8 Å². The molecule has 0 bridgehead atoms. The van der Waals surface area contributed by atoms with Crippen LogP contribution in [0, 0.1) is 3.57 Å². The van der Waals surface area contributed by atoms with Gasteiger partial charge in [0, 0.05) is 17.1 Å². The third kappa shape index (κ3) is 5.27. The molecule has 0 radical (unpaired) electrons. The van der Waals surface area contributed by atoms with Gasteiger partial charge in [0.25, 0.3) is 5.91 Å². The molecule has 25 heavy (non-hydrogen) atoms. The van der Waals surface area contributed by atoms with E-state index in [2.05, 4.69) is 27.9 Å². The van der Waals surface area contributed by atoms with E-state index in [-0.39, 0.29) is 5.91 Å². The van der Waals surface area contributed by atoms with Crippen LogP contribution in [0.5, 0.6) is 0 Å². The normalized spacial score (nSPS) is 12.9. The van der Waals surface area contributed by atoms with Gasteiger partial charge in [0.2, 0.25) is 0 Å². The van der Waals surface area contributed by atoms with E-state index in [1.54, 1.807) is 12.1 Å². The van der Waals surface area contributed by atoms with E-state index in [0.29, 0.717) is 6.42 Å². The summed E-state index contributed by atoms with van der Waals surface area (Å²) in [7, 11) is 2.77. The van der Waals surface area contributed by atoms with E-state index in [1.165, 1.54) is 14.2 Å². The maximum Gasteiger partial charge on any atom is 0.328 e. The summed E-state index contributed by atoms with van der Waals surface area (Å²) >= 11 is 2.20. The Kier molecular flexibility index (Phi) is 7.39. The van der Waals surface area contributed by atoms with E-state index in [0.717, 1.165) is 14.7 Å². The molecule has 1 N–H and O–H groups in total. The van der Waals surface area contributed by atoms with Crippen molar-refractivity contribution in [3.8, 4) is 0 Å². The predicted octanol–water partition coefficient (Wildman–Crippen LogP) is 2.88. The Morgan fingerprint density at radius 3 is 2.28 bits per heavy atom. The smallest absolute Gasteiger partial charge is 0.328 e. The van der Waals surface area contributed by atoms with Crippen molar-refractivity contribution in [1.82, 2.24) is 5.32 Å². The molecule has 0 aliphatic heterocycles. The molecule has 0 aromatic heterocycles. The van der Waals surface area contributed by atoms with Gasteiger partial charge in [-0.3, -0.25) is 4.79 Å². The number of hydrogen-bond acceptors (Lipinski definition) is 4. The average molecular weight is 453 g/mol. The molecule has 0 saturated heterocycles. The van der Waals surface area contributed by atoms with E-state index in [9.17, 15) is 9.59 Å². The minimum atomic E-state index is -0.789. The Bertz CT molecular complexity index is 720. The lowest BCUT2D eigenvalue weighted by Crippen LogP contribution is -2.45. The van der Waals surface area contributed by atoms with Crippen LogP contribution in [0.2, 0.25) is 0 Å². The van der Waals surface area contributed by atoms with Gasteiger partial charge in [-0.15, -0.1) is 0 Å². The van der Waals surface area contributed by atoms with Gasteiger partial charge in [0.1, 0.15) is 6.04 Å². The van der Waals surface area contributed by atoms with Crippen LogP contribution < -0.4 is 5.32 Å². The third-order valence-electron chi connectivity index (χ3n) is 3.76. The van der Waals surface area contributed by atoms with Gasteiger partial charge >= 0.3 is 5.97 Å². The van der Waals surface area contributed by atoms with Crippen LogP contribution in [0.15, 0.2) is 54.6 Å². The molecule has 0 fully saturated rings. The van der Waals surface area contributed by atoms with E-state index < -0.39 is 18.1 Å². The maximum atomic E-state index is 12.6. The van der Waals surface area contributed by atoms with Crippen LogP contribution in [0.25, 0.3) is 0 Å². The van der Waals surface area contributed by atoms with Crippen LogP contribution in [0.1, 0.15) is 17.2 Å². The van der Waals surface area contributed by atoms with Gasteiger partial charge in [0.05, 0.1) is 7.11 Å². The number of carbonyl (C=O) groups is 2. The van der Waals surface area contributed by atoms with Crippen molar-refractivity contribution in [2.24, 2.45) is 0 Å². The van der Waals surface area contributed by atoms with Crippen molar-refractivity contribution >= 4 is 34.5 Å². The highest BCUT2D eigenvalue weighted by molar-refractivity contribution is 14.1. The number of methoxy groups -OCH3 is 2. The van der Waals surface area contributed by atoms with Crippen LogP contribution in [0.4, 0.5) is 0 Å². The largest absolute Gasteiger partial charge is 0.467 e. The Morgan fingerprint density at radius 2 is 1.68 bits per heavy atom. The van der Waals surface area contributed by atoms with Crippen LogP contribution in [-0.2, 0) is 25.5 Å². The third-order valence-corrected chi connectivity index (χ3v) is 4.81. The maximum absolute atomic E-state index is 12.6. The molecular formula is C19H20INO4. The molecular weight excluding hydrogens is 433 g/mol. The zero-order chi connectivity index (χ0) is 18.2. The summed E-state index contributed by atoms with van der Waals surface area (Å²) in [6.07, 6.45) is -0.439. The molecule has 0 aliphatic carbocycles. The van der Waals surface area contributed by atoms with Crippen molar-refractivity contribution in [2.75, 3.05) is 14.2 Å². The minimum Gasteiger partial charge on any atom is -0.467 e. The number of rotatable bonds is 7. The summed E-state index contributed by atoms with van der Waals surface area (Å²) in [5.74, 6) is -0.869. The molecule has 5 nitrogen and oxygen atoms in total. The molecule has 2 aromatic carbocycles. The number of hydrogen-bond donors (Lipinski definition) is 1. The molecule has 0 saturated carbocycles. The number of halogens is 1. The Balaban J connectivity index is 2.17. The lowest BCUT2D eigenvalue weighted by Gasteiger charge is -2.21. The Morgan fingerprint density at radius 1 is 1.04 bits per heavy atom. The van der Waals surface area contributed by atoms with Gasteiger partial charge < -0.3 is 14.8 Å². The highest BCUT2D eigenvalue weighted by atomic mass is 127. The zero-order valence-electron chi connectivity index (χ0n) is 14.1. The van der Waals surface area contributed by atoms with Crippen LogP contribution in [0.3, 0.4) is 0 Å². The topological polar surface area (TPSA) is 64.6 Å². The summed E-state index contributed by atoms with van der Waals surface area (Å²) in [5.41, 5.74) is 1.69. The van der Waals surface area contributed by atoms with Gasteiger partial charge in [-0.1, -0.05) is 48.5 Å². The monoisotopic (exact) mass is 453 g/mol. The molecule has 0 unspecified atom stereocenters. The van der Waals surface area contributed by atoms with Crippen molar-refractivity contribution in [3.63, 3.8) is 0 Å². The summed E-state index contributed by atoms with van der Waals surface area (Å²) < 4.78 is 11.2. The highest BCUT2D eigenvalue weighted by Gasteiger charge is 2.27. The van der Waals surface area contributed by atoms with Crippen LogP contribution >= 0.6 is 22.6 Å². The summed E-state index contributed by atoms with van der Waals surface area (Å²) in [5, 5.41) is 2.75. The first-order valence-corrected chi connectivity index (χ1v) is 8.84. The van der Waals surface area contributed by atoms with Gasteiger partial charge in [-0.2, -0.15) is 0 Å². The number of nitrogens with one attached hydrogen (secondary N) is 1. The fraction of sp³-hybridized carbons (Fsp3) is 0.263. The Labute approximate surface area is 160 Å². The lowest BCUT2D eigenvalue weighted by molar-refractivity contribution is -0.146. The molecule has 2 rings (SSSR count). The number of esters is 1. The molecule has 0 spiro atoms. The van der Waals surface area contributed by atoms with Crippen molar-refractivity contribution < 1.29 is 19.1 Å². The summed E-state index contributed by atoms with van der Waals surface area (Å²) in [6, 6.07) is 16.1. The first-order valence-electron chi connectivity index (χ1n) is 7.76. The van der Waals surface area contributed by atoms with Crippen molar-refractivity contribution in [3.05, 3.63) is 69.3 Å². The molecule has 2 atom stereocenters. The van der Waals surface area contributed by atoms with Gasteiger partial charge in [-0.25, -0.2) is 4.79 Å². The molecule has 1 amide bonds. The van der Waals surface area contributed by atoms with Crippen molar-refractivity contribution in [2.45, 2.75) is 18.6 Å². The number of ether oxygens (including phenoxy) is 2. The van der Waals surface area contributed by atoms with Crippen LogP contribution in [-0.4, -0.2) is 32.1 Å². The summed E-state index contributed by atoms with van der Waals surface area (Å²) in [6.45, 7) is 0. The molecule has 0 heterocycles. The molecule has 0 aliphatic rings. The fourth-order valence-electron chi connectivity index (χ4n) is 2.49. The lowest BCUT2D eigenvalue weighted by atomic mass is 10.0. The minimum absolute atomic E-state index is 0.350. The second-order valence-corrected chi connectivity index (χ2v) is 6.57. The molecule has 2 aromatic rings. The Hall–Kier alpha value is -1.93. The van der Waals surface area contributed by atoms with E-state index in [4.69, 9.17) is 9.47 Å². The number of amides is 1. The standard InChI is InChI=1S/C19H20INO4/c1-24-17(13-8-4-3-5-9-13)18(22)21-16(19(23)25-2)12-14-10-6-7-11-15(14)20/h3-11,16-17H,12H2,1-2H3,(H,21,22)/t16-,17+/m0/s1. The first-order chi connectivity index (χ1) is 12.1. The fourth-order valence-corrected chi connectivity index (χ4v) is 3.10. The predicted molar refractivity (Wildman–Crippen MR) is 103 cm³/mol. The number of carbonyl (C=O) groups excluding carboxylic acids is 2. The van der Waals surface area contributed by atoms with Gasteiger partial charge in [0.15, 0.2) is 6.10 Å². The zero-order valence-corrected chi connectivity index (χ0v) is 16.2. The van der Waals surface area contributed by atoms with E-state index in [1.807, 2.05) is 42.5 Å². The first kappa shape index (κ1) is 19.4. The van der Waals surface area contributed by atoms with E-state index >= 15 is 0 Å². The van der Waals surface area contributed by atoms with Crippen molar-refractivity contribution in [1.29, 1.82) is 0 Å². The second-order valence-electron chi connectivity index (χ2n) is 5.41. The second kappa shape index (κ2) is 9.53. The SMILES string of the molecule is COC(=O)[C@H](Cc1ccccc1I)NC(=O)[C@H](OC)c1ccccc1. The number of benzene rings is 2. The quantitative estimate of drug-likeness (QED) is 0.518. The molecule has 132 valence electrons. The summed E-state index contributed by atoms with van der Waals surface area (Å²) in [4.78, 5) is 24.8.